The van der Waals surface area contributed by atoms with Gasteiger partial charge in [-0.25, -0.2) is 8.42 Å². The molecule has 5 heteroatoms. The number of rotatable bonds is 4. The van der Waals surface area contributed by atoms with Crippen LogP contribution >= 0.6 is 11.6 Å². The molecule has 0 heterocycles. The molecule has 84 valence electrons. The van der Waals surface area contributed by atoms with Crippen LogP contribution in [0.4, 0.5) is 0 Å². The zero-order valence-corrected chi connectivity index (χ0v) is 9.92. The normalized spacial score (nSPS) is 13.8. The Balaban J connectivity index is 3.00. The first-order valence-electron chi connectivity index (χ1n) is 4.58. The minimum Gasteiger partial charge on any atom is -0.387 e. The van der Waals surface area contributed by atoms with Crippen molar-refractivity contribution in [2.75, 3.05) is 11.6 Å². The Morgan fingerprint density at radius 3 is 2.27 bits per heavy atom. The molecule has 0 amide bonds. The van der Waals surface area contributed by atoms with Gasteiger partial charge in [0, 0.05) is 0 Å². The van der Waals surface area contributed by atoms with Gasteiger partial charge in [0.25, 0.3) is 0 Å². The summed E-state index contributed by atoms with van der Waals surface area (Å²) in [5.41, 5.74) is 0.625. The maximum atomic E-state index is 11.5. The van der Waals surface area contributed by atoms with Crippen molar-refractivity contribution in [1.82, 2.24) is 0 Å². The summed E-state index contributed by atoms with van der Waals surface area (Å²) in [7, 11) is -3.16. The van der Waals surface area contributed by atoms with E-state index in [1.54, 1.807) is 19.1 Å². The van der Waals surface area contributed by atoms with Crippen LogP contribution in [0.2, 0.25) is 0 Å². The standard InChI is InChI=1S/C10H13ClO3S/c1-2-15(13,14)9-5-3-8(4-6-9)10(12)7-11/h3-6,10,12H,2,7H2,1H3. The molecule has 1 aromatic carbocycles. The fourth-order valence-electron chi connectivity index (χ4n) is 1.15. The summed E-state index contributed by atoms with van der Waals surface area (Å²) in [6.45, 7) is 1.59. The van der Waals surface area contributed by atoms with Crippen molar-refractivity contribution in [3.63, 3.8) is 0 Å². The molecule has 0 fully saturated rings. The lowest BCUT2D eigenvalue weighted by Crippen LogP contribution is -2.04. The number of aliphatic hydroxyl groups excluding tert-OH is 1. The van der Waals surface area contributed by atoms with E-state index in [9.17, 15) is 13.5 Å². The maximum Gasteiger partial charge on any atom is 0.178 e. The molecule has 0 aromatic heterocycles. The van der Waals surface area contributed by atoms with Crippen LogP contribution in [-0.2, 0) is 9.84 Å². The summed E-state index contributed by atoms with van der Waals surface area (Å²) in [5, 5.41) is 9.40. The fourth-order valence-corrected chi connectivity index (χ4v) is 2.22. The van der Waals surface area contributed by atoms with Crippen LogP contribution in [0.3, 0.4) is 0 Å². The molecule has 0 aliphatic heterocycles. The summed E-state index contributed by atoms with van der Waals surface area (Å²) in [6.07, 6.45) is -0.745. The lowest BCUT2D eigenvalue weighted by molar-refractivity contribution is 0.202. The summed E-state index contributed by atoms with van der Waals surface area (Å²) < 4.78 is 22.9. The van der Waals surface area contributed by atoms with Crippen LogP contribution in [0, 0.1) is 0 Å². The Morgan fingerprint density at radius 1 is 1.33 bits per heavy atom. The zero-order chi connectivity index (χ0) is 11.5. The van der Waals surface area contributed by atoms with Gasteiger partial charge in [-0.1, -0.05) is 19.1 Å². The van der Waals surface area contributed by atoms with Crippen LogP contribution < -0.4 is 0 Å². The molecule has 1 N–H and O–H groups in total. The molecule has 1 aromatic rings. The predicted octanol–water partition coefficient (Wildman–Crippen LogP) is 1.75. The monoisotopic (exact) mass is 248 g/mol. The van der Waals surface area contributed by atoms with Gasteiger partial charge in [0.2, 0.25) is 0 Å². The molecular formula is C10H13ClO3S. The molecule has 0 saturated carbocycles. The average Bonchev–Trinajstić information content (AvgIpc) is 2.28. The Bertz CT molecular complexity index is 411. The number of halogens is 1. The third-order valence-electron chi connectivity index (χ3n) is 2.15. The number of hydrogen-bond acceptors (Lipinski definition) is 3. The molecule has 0 radical (unpaired) electrons. The minimum atomic E-state index is -3.16. The number of sulfone groups is 1. The SMILES string of the molecule is CCS(=O)(=O)c1ccc(C(O)CCl)cc1. The first kappa shape index (κ1) is 12.5. The van der Waals surface area contributed by atoms with Crippen molar-refractivity contribution in [3.8, 4) is 0 Å². The van der Waals surface area contributed by atoms with Crippen molar-refractivity contribution in [2.45, 2.75) is 17.9 Å². The minimum absolute atomic E-state index is 0.0738. The molecule has 1 atom stereocenters. The van der Waals surface area contributed by atoms with Gasteiger partial charge in [-0.3, -0.25) is 0 Å². The average molecular weight is 249 g/mol. The molecule has 1 unspecified atom stereocenters. The Kier molecular flexibility index (Phi) is 4.13. The molecule has 3 nitrogen and oxygen atoms in total. The number of alkyl halides is 1. The lowest BCUT2D eigenvalue weighted by atomic mass is 10.1. The molecule has 0 bridgehead atoms. The van der Waals surface area contributed by atoms with Crippen molar-refractivity contribution >= 4 is 21.4 Å². The van der Waals surface area contributed by atoms with E-state index in [2.05, 4.69) is 0 Å². The van der Waals surface area contributed by atoms with Crippen molar-refractivity contribution in [2.24, 2.45) is 0 Å². The predicted molar refractivity (Wildman–Crippen MR) is 59.8 cm³/mol. The van der Waals surface area contributed by atoms with Gasteiger partial charge in [0.1, 0.15) is 0 Å². The second-order valence-electron chi connectivity index (χ2n) is 3.14. The molecule has 1 rings (SSSR count). The second-order valence-corrected chi connectivity index (χ2v) is 5.73. The summed E-state index contributed by atoms with van der Waals surface area (Å²) >= 11 is 5.48. The number of aliphatic hydroxyl groups is 1. The van der Waals surface area contributed by atoms with Crippen LogP contribution in [0.5, 0.6) is 0 Å². The molecule has 0 saturated heterocycles. The van der Waals surface area contributed by atoms with E-state index in [1.165, 1.54) is 12.1 Å². The third-order valence-corrected chi connectivity index (χ3v) is 4.19. The smallest absolute Gasteiger partial charge is 0.178 e. The second kappa shape index (κ2) is 4.96. The van der Waals surface area contributed by atoms with E-state index in [0.29, 0.717) is 5.56 Å². The Labute approximate surface area is 94.6 Å². The van der Waals surface area contributed by atoms with Gasteiger partial charge >= 0.3 is 0 Å². The van der Waals surface area contributed by atoms with Gasteiger partial charge < -0.3 is 5.11 Å². The van der Waals surface area contributed by atoms with Crippen LogP contribution in [0.15, 0.2) is 29.2 Å². The largest absolute Gasteiger partial charge is 0.387 e. The summed E-state index contributed by atoms with van der Waals surface area (Å²) in [4.78, 5) is 0.274. The first-order chi connectivity index (χ1) is 7.01. The molecule has 15 heavy (non-hydrogen) atoms. The molecular weight excluding hydrogens is 236 g/mol. The van der Waals surface area contributed by atoms with Crippen LogP contribution in [-0.4, -0.2) is 25.2 Å². The van der Waals surface area contributed by atoms with E-state index in [0.717, 1.165) is 0 Å². The molecule has 0 aliphatic rings. The highest BCUT2D eigenvalue weighted by Gasteiger charge is 2.12. The zero-order valence-electron chi connectivity index (χ0n) is 8.35. The van der Waals surface area contributed by atoms with Gasteiger partial charge in [-0.2, -0.15) is 0 Å². The Hall–Kier alpha value is -0.580. The van der Waals surface area contributed by atoms with E-state index in [4.69, 9.17) is 11.6 Å². The van der Waals surface area contributed by atoms with Crippen molar-refractivity contribution in [1.29, 1.82) is 0 Å². The van der Waals surface area contributed by atoms with Crippen molar-refractivity contribution < 1.29 is 13.5 Å². The summed E-state index contributed by atoms with van der Waals surface area (Å²) in [5.74, 6) is 0.171. The lowest BCUT2D eigenvalue weighted by Gasteiger charge is -2.07. The van der Waals surface area contributed by atoms with E-state index < -0.39 is 15.9 Å². The van der Waals surface area contributed by atoms with Crippen molar-refractivity contribution in [3.05, 3.63) is 29.8 Å². The maximum absolute atomic E-state index is 11.5. The quantitative estimate of drug-likeness (QED) is 0.826. The molecule has 0 spiro atoms. The van der Waals surface area contributed by atoms with Gasteiger partial charge in [-0.15, -0.1) is 11.6 Å². The highest BCUT2D eigenvalue weighted by Crippen LogP contribution is 2.18. The van der Waals surface area contributed by atoms with Crippen LogP contribution in [0.25, 0.3) is 0 Å². The first-order valence-corrected chi connectivity index (χ1v) is 6.76. The highest BCUT2D eigenvalue weighted by molar-refractivity contribution is 7.91. The van der Waals surface area contributed by atoms with Crippen LogP contribution in [0.1, 0.15) is 18.6 Å². The number of hydrogen-bond donors (Lipinski definition) is 1. The Morgan fingerprint density at radius 2 is 1.87 bits per heavy atom. The third kappa shape index (κ3) is 2.93. The van der Waals surface area contributed by atoms with E-state index in [-0.39, 0.29) is 16.5 Å². The fraction of sp³-hybridized carbons (Fsp3) is 0.400. The summed E-state index contributed by atoms with van der Waals surface area (Å²) in [6, 6.07) is 6.14. The van der Waals surface area contributed by atoms with E-state index >= 15 is 0 Å². The van der Waals surface area contributed by atoms with E-state index in [1.807, 2.05) is 0 Å². The molecule has 0 aliphatic carbocycles. The van der Waals surface area contributed by atoms with Gasteiger partial charge in [0.05, 0.1) is 22.6 Å². The number of benzene rings is 1. The topological polar surface area (TPSA) is 54.4 Å². The van der Waals surface area contributed by atoms with Gasteiger partial charge in [0.15, 0.2) is 9.84 Å². The van der Waals surface area contributed by atoms with Gasteiger partial charge in [-0.05, 0) is 17.7 Å². The highest BCUT2D eigenvalue weighted by atomic mass is 35.5.